The number of nitrogens with two attached hydrogens (primary N) is 1. The lowest BCUT2D eigenvalue weighted by Gasteiger charge is -2.07. The van der Waals surface area contributed by atoms with E-state index in [4.69, 9.17) is 28.9 Å². The van der Waals surface area contributed by atoms with E-state index in [0.29, 0.717) is 15.9 Å². The fraction of sp³-hybridized carbons (Fsp3) is 0.300. The van der Waals surface area contributed by atoms with Gasteiger partial charge in [0.05, 0.1) is 11.1 Å². The molecule has 0 radical (unpaired) electrons. The van der Waals surface area contributed by atoms with E-state index in [9.17, 15) is 0 Å². The Morgan fingerprint density at radius 2 is 2.00 bits per heavy atom. The van der Waals surface area contributed by atoms with Crippen LogP contribution in [0.3, 0.4) is 0 Å². The summed E-state index contributed by atoms with van der Waals surface area (Å²) in [6.07, 6.45) is 0. The minimum absolute atomic E-state index is 0.300. The Labute approximate surface area is 93.4 Å². The second-order valence-electron chi connectivity index (χ2n) is 3.44. The molecule has 0 unspecified atom stereocenters. The molecule has 14 heavy (non-hydrogen) atoms. The van der Waals surface area contributed by atoms with Crippen LogP contribution in [0.4, 0.5) is 0 Å². The van der Waals surface area contributed by atoms with Crippen LogP contribution in [0.5, 0.6) is 0 Å². The van der Waals surface area contributed by atoms with E-state index < -0.39 is 5.54 Å². The molecule has 1 heterocycles. The minimum Gasteiger partial charge on any atom is -0.316 e. The summed E-state index contributed by atoms with van der Waals surface area (Å²) in [6, 6.07) is 3.36. The van der Waals surface area contributed by atoms with Gasteiger partial charge in [0.2, 0.25) is 0 Å². The predicted octanol–water partition coefficient (Wildman–Crippen LogP) is 2.48. The third kappa shape index (κ3) is 3.55. The lowest BCUT2D eigenvalue weighted by Crippen LogP contribution is -2.29. The molecule has 0 fully saturated rings. The molecule has 2 nitrogen and oxygen atoms in total. The zero-order valence-electron chi connectivity index (χ0n) is 7.94. The predicted molar refractivity (Wildman–Crippen MR) is 59.4 cm³/mol. The second-order valence-corrected chi connectivity index (χ2v) is 4.19. The smallest absolute Gasteiger partial charge is 0.146 e. The van der Waals surface area contributed by atoms with Crippen molar-refractivity contribution < 1.29 is 0 Å². The van der Waals surface area contributed by atoms with Crippen molar-refractivity contribution in [3.63, 3.8) is 0 Å². The topological polar surface area (TPSA) is 38.9 Å². The summed E-state index contributed by atoms with van der Waals surface area (Å²) >= 11 is 11.5. The van der Waals surface area contributed by atoms with Gasteiger partial charge in [-0.15, -0.1) is 0 Å². The molecule has 2 N–H and O–H groups in total. The number of nitrogens with zero attached hydrogens (tertiary/aromatic N) is 1. The van der Waals surface area contributed by atoms with Gasteiger partial charge in [-0.2, -0.15) is 0 Å². The number of halogens is 2. The van der Waals surface area contributed by atoms with Crippen LogP contribution in [0.2, 0.25) is 10.3 Å². The summed E-state index contributed by atoms with van der Waals surface area (Å²) in [5.74, 6) is 5.71. The number of rotatable bonds is 0. The molecule has 0 aliphatic heterocycles. The Morgan fingerprint density at radius 3 is 2.50 bits per heavy atom. The molecule has 0 spiro atoms. The van der Waals surface area contributed by atoms with Crippen molar-refractivity contribution in [2.45, 2.75) is 19.4 Å². The molecule has 0 saturated carbocycles. The Kier molecular flexibility index (Phi) is 3.38. The van der Waals surface area contributed by atoms with Gasteiger partial charge >= 0.3 is 0 Å². The van der Waals surface area contributed by atoms with E-state index in [1.165, 1.54) is 0 Å². The number of hydrogen-bond donors (Lipinski definition) is 1. The summed E-state index contributed by atoms with van der Waals surface area (Å²) in [7, 11) is 0. The van der Waals surface area contributed by atoms with Gasteiger partial charge in [0, 0.05) is 0 Å². The largest absolute Gasteiger partial charge is 0.316 e. The van der Waals surface area contributed by atoms with Crippen molar-refractivity contribution in [3.05, 3.63) is 28.0 Å². The van der Waals surface area contributed by atoms with E-state index in [1.54, 1.807) is 12.1 Å². The third-order valence-corrected chi connectivity index (χ3v) is 1.83. The summed E-state index contributed by atoms with van der Waals surface area (Å²) in [5, 5.41) is 0.654. The first kappa shape index (κ1) is 11.3. The number of pyridine rings is 1. The quantitative estimate of drug-likeness (QED) is 0.548. The maximum absolute atomic E-state index is 5.82. The summed E-state index contributed by atoms with van der Waals surface area (Å²) in [4.78, 5) is 3.86. The Balaban J connectivity index is 3.02. The van der Waals surface area contributed by atoms with Gasteiger partial charge in [0.25, 0.3) is 0 Å². The highest BCUT2D eigenvalue weighted by Crippen LogP contribution is 2.15. The van der Waals surface area contributed by atoms with Crippen LogP contribution in [0.15, 0.2) is 12.1 Å². The molecule has 74 valence electrons. The van der Waals surface area contributed by atoms with Crippen LogP contribution in [0.1, 0.15) is 19.4 Å². The molecule has 0 aliphatic rings. The highest BCUT2D eigenvalue weighted by atomic mass is 35.5. The van der Waals surface area contributed by atoms with Crippen LogP contribution >= 0.6 is 23.2 Å². The molecule has 0 amide bonds. The maximum atomic E-state index is 5.82. The minimum atomic E-state index is -0.539. The van der Waals surface area contributed by atoms with E-state index >= 15 is 0 Å². The monoisotopic (exact) mass is 228 g/mol. The molecular formula is C10H10Cl2N2. The molecule has 1 rings (SSSR count). The Morgan fingerprint density at radius 1 is 1.36 bits per heavy atom. The van der Waals surface area contributed by atoms with Gasteiger partial charge in [-0.1, -0.05) is 35.0 Å². The number of aromatic nitrogens is 1. The van der Waals surface area contributed by atoms with Gasteiger partial charge in [-0.3, -0.25) is 0 Å². The van der Waals surface area contributed by atoms with E-state index in [2.05, 4.69) is 16.8 Å². The highest BCUT2D eigenvalue weighted by molar-refractivity contribution is 6.33. The van der Waals surface area contributed by atoms with Crippen molar-refractivity contribution in [2.75, 3.05) is 0 Å². The van der Waals surface area contributed by atoms with Crippen LogP contribution in [-0.4, -0.2) is 10.5 Å². The standard InChI is InChI=1S/C10H10Cl2N2/c1-10(2,13)6-5-7-3-4-8(11)14-9(7)12/h3-4H,13H2,1-2H3. The summed E-state index contributed by atoms with van der Waals surface area (Å²) < 4.78 is 0. The lowest BCUT2D eigenvalue weighted by molar-refractivity contribution is 0.680. The van der Waals surface area contributed by atoms with Crippen molar-refractivity contribution in [1.82, 2.24) is 4.98 Å². The fourth-order valence-corrected chi connectivity index (χ4v) is 1.13. The average molecular weight is 229 g/mol. The first-order chi connectivity index (χ1) is 6.38. The highest BCUT2D eigenvalue weighted by Gasteiger charge is 2.05. The lowest BCUT2D eigenvalue weighted by atomic mass is 10.1. The molecular weight excluding hydrogens is 219 g/mol. The van der Waals surface area contributed by atoms with Gasteiger partial charge in [0.1, 0.15) is 10.3 Å². The van der Waals surface area contributed by atoms with Crippen molar-refractivity contribution in [1.29, 1.82) is 0 Å². The normalized spacial score (nSPS) is 10.6. The first-order valence-electron chi connectivity index (χ1n) is 4.02. The third-order valence-electron chi connectivity index (χ3n) is 1.33. The van der Waals surface area contributed by atoms with E-state index in [0.717, 1.165) is 0 Å². The molecule has 0 atom stereocenters. The molecule has 0 bridgehead atoms. The molecule has 0 saturated heterocycles. The van der Waals surface area contributed by atoms with Crippen molar-refractivity contribution >= 4 is 23.2 Å². The average Bonchev–Trinajstić information content (AvgIpc) is 2.00. The second kappa shape index (κ2) is 4.18. The number of hydrogen-bond acceptors (Lipinski definition) is 2. The Bertz CT molecular complexity index is 397. The van der Waals surface area contributed by atoms with Crippen LogP contribution in [0.25, 0.3) is 0 Å². The van der Waals surface area contributed by atoms with Crippen molar-refractivity contribution in [3.8, 4) is 11.8 Å². The van der Waals surface area contributed by atoms with Crippen LogP contribution in [-0.2, 0) is 0 Å². The zero-order valence-corrected chi connectivity index (χ0v) is 9.45. The first-order valence-corrected chi connectivity index (χ1v) is 4.78. The molecule has 1 aromatic rings. The fourth-order valence-electron chi connectivity index (χ4n) is 0.734. The Hall–Kier alpha value is -0.750. The summed E-state index contributed by atoms with van der Waals surface area (Å²) in [5.41, 5.74) is 5.80. The van der Waals surface area contributed by atoms with Crippen LogP contribution < -0.4 is 5.73 Å². The SMILES string of the molecule is CC(C)(N)C#Cc1ccc(Cl)nc1Cl. The summed E-state index contributed by atoms with van der Waals surface area (Å²) in [6.45, 7) is 3.63. The molecule has 0 aromatic carbocycles. The molecule has 1 aromatic heterocycles. The van der Waals surface area contributed by atoms with Gasteiger partial charge in [0.15, 0.2) is 0 Å². The van der Waals surface area contributed by atoms with E-state index in [1.807, 2.05) is 13.8 Å². The van der Waals surface area contributed by atoms with E-state index in [-0.39, 0.29) is 0 Å². The van der Waals surface area contributed by atoms with Crippen molar-refractivity contribution in [2.24, 2.45) is 5.73 Å². The molecule has 0 aliphatic carbocycles. The molecule has 4 heteroatoms. The van der Waals surface area contributed by atoms with Gasteiger partial charge in [-0.05, 0) is 26.0 Å². The van der Waals surface area contributed by atoms with Gasteiger partial charge < -0.3 is 5.73 Å². The zero-order chi connectivity index (χ0) is 10.8. The van der Waals surface area contributed by atoms with Crippen LogP contribution in [0, 0.1) is 11.8 Å². The van der Waals surface area contributed by atoms with Gasteiger partial charge in [-0.25, -0.2) is 4.98 Å². The maximum Gasteiger partial charge on any atom is 0.146 e.